The molecule has 0 aliphatic carbocycles. The Balaban J connectivity index is 2.10. The molecule has 1 aromatic carbocycles. The van der Waals surface area contributed by atoms with Crippen LogP contribution >= 0.6 is 0 Å². The molecule has 1 amide bonds. The SMILES string of the molecule is CC(C)c1cc(-c2nnc(C(=O)NCC(F)(F)F)n2C2CCS(=O)(=O)CC2)c(O)cc1O. The summed E-state index contributed by atoms with van der Waals surface area (Å²) in [4.78, 5) is 12.5. The fourth-order valence-corrected chi connectivity index (χ4v) is 5.07. The lowest BCUT2D eigenvalue weighted by molar-refractivity contribution is -0.123. The molecule has 3 N–H and O–H groups in total. The number of alkyl halides is 3. The van der Waals surface area contributed by atoms with Gasteiger partial charge in [-0.3, -0.25) is 9.36 Å². The van der Waals surface area contributed by atoms with Crippen molar-refractivity contribution in [2.75, 3.05) is 18.1 Å². The molecular formula is C19H23F3N4O5S. The summed E-state index contributed by atoms with van der Waals surface area (Å²) >= 11 is 0. The van der Waals surface area contributed by atoms with E-state index in [1.165, 1.54) is 10.6 Å². The van der Waals surface area contributed by atoms with Gasteiger partial charge in [-0.2, -0.15) is 13.2 Å². The molecular weight excluding hydrogens is 453 g/mol. The smallest absolute Gasteiger partial charge is 0.405 e. The van der Waals surface area contributed by atoms with Gasteiger partial charge in [-0.15, -0.1) is 10.2 Å². The molecule has 0 radical (unpaired) electrons. The number of amides is 1. The van der Waals surface area contributed by atoms with Crippen LogP contribution in [0, 0.1) is 0 Å². The first-order valence-corrected chi connectivity index (χ1v) is 11.7. The molecule has 2 heterocycles. The van der Waals surface area contributed by atoms with Crippen LogP contribution in [0.4, 0.5) is 13.2 Å². The number of aromatic nitrogens is 3. The van der Waals surface area contributed by atoms with E-state index in [1.54, 1.807) is 5.32 Å². The van der Waals surface area contributed by atoms with Crippen LogP contribution < -0.4 is 5.32 Å². The second-order valence-electron chi connectivity index (χ2n) is 7.98. The number of nitrogens with one attached hydrogen (secondary N) is 1. The van der Waals surface area contributed by atoms with Crippen LogP contribution in [0.5, 0.6) is 11.5 Å². The van der Waals surface area contributed by atoms with E-state index in [-0.39, 0.29) is 53.2 Å². The summed E-state index contributed by atoms with van der Waals surface area (Å²) in [7, 11) is -3.26. The van der Waals surface area contributed by atoms with E-state index in [9.17, 15) is 36.6 Å². The zero-order chi connectivity index (χ0) is 23.8. The van der Waals surface area contributed by atoms with Gasteiger partial charge in [0, 0.05) is 12.1 Å². The molecule has 1 aliphatic heterocycles. The molecule has 13 heteroatoms. The quantitative estimate of drug-likeness (QED) is 0.604. The predicted molar refractivity (Wildman–Crippen MR) is 108 cm³/mol. The molecule has 1 saturated heterocycles. The van der Waals surface area contributed by atoms with Gasteiger partial charge in [0.05, 0.1) is 17.1 Å². The number of aromatic hydroxyl groups is 2. The average molecular weight is 476 g/mol. The van der Waals surface area contributed by atoms with Crippen LogP contribution in [0.1, 0.15) is 54.8 Å². The summed E-state index contributed by atoms with van der Waals surface area (Å²) < 4.78 is 62.7. The fourth-order valence-electron chi connectivity index (χ4n) is 3.61. The standard InChI is InChI=1S/C19H23F3N4O5S/c1-10(2)12-7-13(15(28)8-14(12)27)16-24-25-17(18(29)23-9-19(20,21)22)26(16)11-3-5-32(30,31)6-4-11/h7-8,10-11,27-28H,3-6,9H2,1-2H3,(H,23,29). The van der Waals surface area contributed by atoms with Crippen molar-refractivity contribution >= 4 is 15.7 Å². The number of hydrogen-bond acceptors (Lipinski definition) is 7. The van der Waals surface area contributed by atoms with Gasteiger partial charge in [-0.05, 0) is 30.4 Å². The number of benzene rings is 1. The molecule has 0 bridgehead atoms. The van der Waals surface area contributed by atoms with E-state index in [4.69, 9.17) is 0 Å². The van der Waals surface area contributed by atoms with Crippen molar-refractivity contribution in [3.05, 3.63) is 23.5 Å². The average Bonchev–Trinajstić information content (AvgIpc) is 3.10. The van der Waals surface area contributed by atoms with Crippen molar-refractivity contribution in [3.8, 4) is 22.9 Å². The Bertz CT molecular complexity index is 1110. The van der Waals surface area contributed by atoms with E-state index >= 15 is 0 Å². The summed E-state index contributed by atoms with van der Waals surface area (Å²) in [6, 6.07) is 1.98. The molecule has 32 heavy (non-hydrogen) atoms. The van der Waals surface area contributed by atoms with Crippen molar-refractivity contribution < 1.29 is 36.6 Å². The van der Waals surface area contributed by atoms with Crippen LogP contribution in [-0.2, 0) is 9.84 Å². The Hall–Kier alpha value is -2.83. The zero-order valence-corrected chi connectivity index (χ0v) is 18.2. The molecule has 0 unspecified atom stereocenters. The fraction of sp³-hybridized carbons (Fsp3) is 0.526. The zero-order valence-electron chi connectivity index (χ0n) is 17.3. The number of phenols is 2. The van der Waals surface area contributed by atoms with Gasteiger partial charge in [0.15, 0.2) is 5.82 Å². The first-order chi connectivity index (χ1) is 14.8. The number of carbonyl (C=O) groups excluding carboxylic acids is 1. The van der Waals surface area contributed by atoms with Gasteiger partial charge >= 0.3 is 6.18 Å². The van der Waals surface area contributed by atoms with Crippen LogP contribution in [0.25, 0.3) is 11.4 Å². The highest BCUT2D eigenvalue weighted by molar-refractivity contribution is 7.91. The van der Waals surface area contributed by atoms with Crippen molar-refractivity contribution in [2.24, 2.45) is 0 Å². The van der Waals surface area contributed by atoms with Gasteiger partial charge < -0.3 is 15.5 Å². The molecule has 176 valence electrons. The summed E-state index contributed by atoms with van der Waals surface area (Å²) in [5.41, 5.74) is 0.587. The minimum atomic E-state index is -4.64. The molecule has 1 fully saturated rings. The molecule has 9 nitrogen and oxygen atoms in total. The minimum Gasteiger partial charge on any atom is -0.508 e. The Kier molecular flexibility index (Phi) is 6.40. The Morgan fingerprint density at radius 1 is 1.19 bits per heavy atom. The van der Waals surface area contributed by atoms with Crippen molar-refractivity contribution in [3.63, 3.8) is 0 Å². The summed E-state index contributed by atoms with van der Waals surface area (Å²) in [6.45, 7) is 2.04. The molecule has 0 atom stereocenters. The minimum absolute atomic E-state index is 0.00847. The third-order valence-electron chi connectivity index (χ3n) is 5.25. The highest BCUT2D eigenvalue weighted by Crippen LogP contribution is 2.39. The largest absolute Gasteiger partial charge is 0.508 e. The maximum atomic E-state index is 12.6. The highest BCUT2D eigenvalue weighted by Gasteiger charge is 2.34. The van der Waals surface area contributed by atoms with Crippen molar-refractivity contribution in [1.82, 2.24) is 20.1 Å². The summed E-state index contributed by atoms with van der Waals surface area (Å²) in [5.74, 6) is -2.56. The first kappa shape index (κ1) is 23.8. The van der Waals surface area contributed by atoms with Gasteiger partial charge in [-0.1, -0.05) is 13.8 Å². The molecule has 3 rings (SSSR count). The molecule has 0 spiro atoms. The van der Waals surface area contributed by atoms with Crippen molar-refractivity contribution in [2.45, 2.75) is 44.8 Å². The van der Waals surface area contributed by atoms with Gasteiger partial charge in [0.1, 0.15) is 27.9 Å². The first-order valence-electron chi connectivity index (χ1n) is 9.85. The number of hydrogen-bond donors (Lipinski definition) is 3. The summed E-state index contributed by atoms with van der Waals surface area (Å²) in [6.07, 6.45) is -4.44. The Labute approximate surface area is 182 Å². The number of nitrogens with zero attached hydrogens (tertiary/aromatic N) is 3. The number of sulfone groups is 1. The molecule has 2 aromatic rings. The van der Waals surface area contributed by atoms with E-state index in [0.717, 1.165) is 6.07 Å². The number of carbonyl (C=O) groups is 1. The third-order valence-corrected chi connectivity index (χ3v) is 6.96. The second kappa shape index (κ2) is 8.60. The number of rotatable bonds is 5. The lowest BCUT2D eigenvalue weighted by Crippen LogP contribution is -2.36. The van der Waals surface area contributed by atoms with Gasteiger partial charge in [-0.25, -0.2) is 8.42 Å². The maximum Gasteiger partial charge on any atom is 0.405 e. The number of halogens is 3. The van der Waals surface area contributed by atoms with E-state index in [2.05, 4.69) is 10.2 Å². The van der Waals surface area contributed by atoms with Gasteiger partial charge in [0.2, 0.25) is 5.82 Å². The molecule has 1 aliphatic rings. The second-order valence-corrected chi connectivity index (χ2v) is 10.3. The van der Waals surface area contributed by atoms with E-state index in [1.807, 2.05) is 13.8 Å². The van der Waals surface area contributed by atoms with Crippen LogP contribution in [0.15, 0.2) is 12.1 Å². The Morgan fingerprint density at radius 3 is 2.38 bits per heavy atom. The topological polar surface area (TPSA) is 134 Å². The summed E-state index contributed by atoms with van der Waals surface area (Å²) in [5, 5.41) is 30.0. The predicted octanol–water partition coefficient (Wildman–Crippen LogP) is 2.52. The third kappa shape index (κ3) is 5.14. The maximum absolute atomic E-state index is 12.6. The lowest BCUT2D eigenvalue weighted by Gasteiger charge is -2.26. The van der Waals surface area contributed by atoms with Crippen LogP contribution in [0.2, 0.25) is 0 Å². The van der Waals surface area contributed by atoms with Gasteiger partial charge in [0.25, 0.3) is 5.91 Å². The van der Waals surface area contributed by atoms with Crippen molar-refractivity contribution in [1.29, 1.82) is 0 Å². The normalized spacial score (nSPS) is 16.9. The highest BCUT2D eigenvalue weighted by atomic mass is 32.2. The molecule has 0 saturated carbocycles. The molecule has 1 aromatic heterocycles. The lowest BCUT2D eigenvalue weighted by atomic mass is 9.98. The van der Waals surface area contributed by atoms with Crippen LogP contribution in [-0.4, -0.2) is 63.5 Å². The van der Waals surface area contributed by atoms with Crippen LogP contribution in [0.3, 0.4) is 0 Å². The Morgan fingerprint density at radius 2 is 1.81 bits per heavy atom. The van der Waals surface area contributed by atoms with E-state index < -0.39 is 40.3 Å². The monoisotopic (exact) mass is 476 g/mol. The number of phenolic OH excluding ortho intramolecular Hbond substituents is 2. The van der Waals surface area contributed by atoms with E-state index in [0.29, 0.717) is 5.56 Å².